The minimum Gasteiger partial charge on any atom is -0.438 e. The Morgan fingerprint density at radius 2 is 1.88 bits per heavy atom. The molecule has 0 spiro atoms. The molecule has 9 heteroatoms. The van der Waals surface area contributed by atoms with Crippen LogP contribution in [0.5, 0.6) is 0 Å². The molecule has 0 atom stereocenters. The Kier molecular flexibility index (Phi) is 5.46. The zero-order valence-electron chi connectivity index (χ0n) is 14.6. The van der Waals surface area contributed by atoms with Crippen LogP contribution in [-0.4, -0.2) is 28.1 Å². The first-order chi connectivity index (χ1) is 12.0. The van der Waals surface area contributed by atoms with E-state index < -0.39 is 34.8 Å². The van der Waals surface area contributed by atoms with E-state index in [0.29, 0.717) is 0 Å². The number of halogens is 2. The fraction of sp³-hybridized carbons (Fsp3) is 0.294. The van der Waals surface area contributed by atoms with Gasteiger partial charge in [0.25, 0.3) is 17.7 Å². The molecule has 0 aliphatic rings. The van der Waals surface area contributed by atoms with Crippen LogP contribution in [0.1, 0.15) is 47.7 Å². The first kappa shape index (κ1) is 19.6. The van der Waals surface area contributed by atoms with Crippen LogP contribution < -0.4 is 10.6 Å². The summed E-state index contributed by atoms with van der Waals surface area (Å²) in [5, 5.41) is 4.79. The third-order valence-corrected chi connectivity index (χ3v) is 3.37. The number of nitrogens with one attached hydrogen (secondary N) is 2. The summed E-state index contributed by atoms with van der Waals surface area (Å²) in [5.41, 5.74) is -0.546. The third-order valence-electron chi connectivity index (χ3n) is 3.08. The summed E-state index contributed by atoms with van der Waals surface area (Å²) in [6.45, 7) is 6.57. The second kappa shape index (κ2) is 7.25. The van der Waals surface area contributed by atoms with Gasteiger partial charge < -0.3 is 15.1 Å². The summed E-state index contributed by atoms with van der Waals surface area (Å²) in [6, 6.07) is 3.64. The highest BCUT2D eigenvalue weighted by Gasteiger charge is 2.28. The fourth-order valence-electron chi connectivity index (χ4n) is 1.96. The molecule has 0 saturated carbocycles. The monoisotopic (exact) mass is 381 g/mol. The van der Waals surface area contributed by atoms with E-state index in [9.17, 15) is 18.8 Å². The van der Waals surface area contributed by atoms with Crippen LogP contribution in [0.4, 0.5) is 10.1 Å². The molecule has 0 unspecified atom stereocenters. The number of aryl methyl sites for hydroxylation is 1. The lowest BCUT2D eigenvalue weighted by Crippen LogP contribution is -2.44. The topological polar surface area (TPSA) is 101 Å². The largest absolute Gasteiger partial charge is 0.438 e. The highest BCUT2D eigenvalue weighted by molar-refractivity contribution is 6.41. The second-order valence-corrected chi connectivity index (χ2v) is 6.95. The van der Waals surface area contributed by atoms with Gasteiger partial charge in [-0.25, -0.2) is 9.37 Å². The highest BCUT2D eigenvalue weighted by Crippen LogP contribution is 2.20. The molecule has 0 aliphatic carbocycles. The van der Waals surface area contributed by atoms with Crippen molar-refractivity contribution >= 4 is 34.9 Å². The molecule has 0 fully saturated rings. The van der Waals surface area contributed by atoms with Gasteiger partial charge in [0.15, 0.2) is 5.69 Å². The van der Waals surface area contributed by atoms with Crippen molar-refractivity contribution in [3.8, 4) is 0 Å². The number of hydrogen-bond donors (Lipinski definition) is 2. The van der Waals surface area contributed by atoms with Crippen molar-refractivity contribution in [2.45, 2.75) is 33.2 Å². The molecule has 0 saturated heterocycles. The van der Waals surface area contributed by atoms with E-state index in [1.54, 1.807) is 20.8 Å². The Morgan fingerprint density at radius 3 is 2.46 bits per heavy atom. The smallest absolute Gasteiger partial charge is 0.304 e. The summed E-state index contributed by atoms with van der Waals surface area (Å²) >= 11 is 5.66. The van der Waals surface area contributed by atoms with E-state index in [2.05, 4.69) is 15.6 Å². The van der Waals surface area contributed by atoms with E-state index >= 15 is 0 Å². The number of aromatic nitrogens is 1. The Bertz CT molecular complexity index is 887. The van der Waals surface area contributed by atoms with E-state index in [1.165, 1.54) is 19.1 Å². The van der Waals surface area contributed by atoms with Gasteiger partial charge >= 0.3 is 5.78 Å². The van der Waals surface area contributed by atoms with Gasteiger partial charge in [0.05, 0.1) is 5.02 Å². The lowest BCUT2D eigenvalue weighted by molar-refractivity contribution is -0.118. The maximum Gasteiger partial charge on any atom is 0.304 e. The molecule has 1 aromatic heterocycles. The summed E-state index contributed by atoms with van der Waals surface area (Å²) in [7, 11) is 0. The minimum atomic E-state index is -0.994. The second-order valence-electron chi connectivity index (χ2n) is 6.54. The maximum absolute atomic E-state index is 13.2. The van der Waals surface area contributed by atoms with Crippen LogP contribution in [-0.2, 0) is 4.79 Å². The summed E-state index contributed by atoms with van der Waals surface area (Å²) in [5.74, 6) is -3.64. The summed E-state index contributed by atoms with van der Waals surface area (Å²) < 4.78 is 18.3. The highest BCUT2D eigenvalue weighted by atomic mass is 35.5. The maximum atomic E-state index is 13.2. The van der Waals surface area contributed by atoms with Gasteiger partial charge in [0.1, 0.15) is 11.6 Å². The molecule has 2 N–H and O–H groups in total. The number of oxazole rings is 1. The number of hydrogen-bond acceptors (Lipinski definition) is 5. The van der Waals surface area contributed by atoms with Crippen LogP contribution in [0.25, 0.3) is 0 Å². The van der Waals surface area contributed by atoms with E-state index in [0.717, 1.165) is 6.07 Å². The van der Waals surface area contributed by atoms with Crippen LogP contribution in [0.15, 0.2) is 22.6 Å². The van der Waals surface area contributed by atoms with Gasteiger partial charge in [-0.15, -0.1) is 0 Å². The van der Waals surface area contributed by atoms with Crippen LogP contribution in [0.3, 0.4) is 0 Å². The van der Waals surface area contributed by atoms with Gasteiger partial charge in [-0.05, 0) is 45.9 Å². The first-order valence-corrected chi connectivity index (χ1v) is 7.96. The molecule has 2 rings (SSSR count). The number of amides is 2. The number of rotatable bonds is 4. The lowest BCUT2D eigenvalue weighted by atomic mass is 10.1. The van der Waals surface area contributed by atoms with Gasteiger partial charge in [-0.3, -0.25) is 14.4 Å². The van der Waals surface area contributed by atoms with Crippen LogP contribution in [0.2, 0.25) is 5.02 Å². The number of carbonyl (C=O) groups is 3. The normalized spacial score (nSPS) is 11.2. The molecule has 2 amide bonds. The molecular weight excluding hydrogens is 365 g/mol. The van der Waals surface area contributed by atoms with Crippen LogP contribution in [0, 0.1) is 12.7 Å². The quantitative estimate of drug-likeness (QED) is 0.625. The molecule has 0 aliphatic heterocycles. The van der Waals surface area contributed by atoms with Gasteiger partial charge in [-0.2, -0.15) is 0 Å². The Morgan fingerprint density at radius 1 is 1.23 bits per heavy atom. The SMILES string of the molecule is Cc1oc(C(=O)C(=O)NC(C)(C)C)nc1C(=O)Nc1ccc(F)c(Cl)c1. The van der Waals surface area contributed by atoms with Crippen molar-refractivity contribution in [2.75, 3.05) is 5.32 Å². The average Bonchev–Trinajstić information content (AvgIpc) is 2.90. The molecule has 1 heterocycles. The zero-order chi connectivity index (χ0) is 19.6. The van der Waals surface area contributed by atoms with E-state index in [-0.39, 0.29) is 22.2 Å². The Labute approximate surface area is 153 Å². The van der Waals surface area contributed by atoms with E-state index in [1.807, 2.05) is 0 Å². The standard InChI is InChI=1S/C17H17ClFN3O4/c1-8-12(14(24)20-9-5-6-11(19)10(18)7-9)21-16(26-8)13(23)15(25)22-17(2,3)4/h5-7H,1-4H3,(H,20,24)(H,22,25). The van der Waals surface area contributed by atoms with Crippen molar-refractivity contribution in [1.82, 2.24) is 10.3 Å². The number of anilines is 1. The number of benzene rings is 1. The van der Waals surface area contributed by atoms with Gasteiger partial charge in [-0.1, -0.05) is 11.6 Å². The summed E-state index contributed by atoms with van der Waals surface area (Å²) in [4.78, 5) is 40.1. The lowest BCUT2D eigenvalue weighted by Gasteiger charge is -2.19. The van der Waals surface area contributed by atoms with Gasteiger partial charge in [0.2, 0.25) is 0 Å². The minimum absolute atomic E-state index is 0.0580. The predicted molar refractivity (Wildman–Crippen MR) is 92.8 cm³/mol. The molecule has 7 nitrogen and oxygen atoms in total. The zero-order valence-corrected chi connectivity index (χ0v) is 15.3. The number of ketones is 1. The van der Waals surface area contributed by atoms with E-state index in [4.69, 9.17) is 16.0 Å². The van der Waals surface area contributed by atoms with Crippen molar-refractivity contribution in [3.05, 3.63) is 46.4 Å². The Balaban J connectivity index is 2.18. The van der Waals surface area contributed by atoms with Crippen LogP contribution >= 0.6 is 11.6 Å². The molecular formula is C17H17ClFN3O4. The predicted octanol–water partition coefficient (Wildman–Crippen LogP) is 3.13. The molecule has 2 aromatic rings. The first-order valence-electron chi connectivity index (χ1n) is 7.58. The number of nitrogens with zero attached hydrogens (tertiary/aromatic N) is 1. The molecule has 138 valence electrons. The number of Topliss-reactive ketones (excluding diaryl/α,β-unsaturated/α-hetero) is 1. The number of carbonyl (C=O) groups excluding carboxylic acids is 3. The average molecular weight is 382 g/mol. The molecule has 0 bridgehead atoms. The third kappa shape index (κ3) is 4.66. The molecule has 26 heavy (non-hydrogen) atoms. The van der Waals surface area contributed by atoms with Crippen molar-refractivity contribution in [1.29, 1.82) is 0 Å². The van der Waals surface area contributed by atoms with Crippen molar-refractivity contribution in [2.24, 2.45) is 0 Å². The molecule has 0 radical (unpaired) electrons. The fourth-order valence-corrected chi connectivity index (χ4v) is 2.14. The van der Waals surface area contributed by atoms with Crippen molar-refractivity contribution < 1.29 is 23.2 Å². The van der Waals surface area contributed by atoms with Gasteiger partial charge in [0, 0.05) is 11.2 Å². The molecule has 1 aromatic carbocycles. The summed E-state index contributed by atoms with van der Waals surface area (Å²) in [6.07, 6.45) is 0. The Hall–Kier alpha value is -2.74. The van der Waals surface area contributed by atoms with Crippen molar-refractivity contribution in [3.63, 3.8) is 0 Å².